The molecule has 1 aromatic rings. The number of benzene rings is 1. The lowest BCUT2D eigenvalue weighted by Crippen LogP contribution is -2.39. The summed E-state index contributed by atoms with van der Waals surface area (Å²) in [5.41, 5.74) is 0.231. The molecular weight excluding hydrogens is 244 g/mol. The minimum absolute atomic E-state index is 0.171. The Hall–Kier alpha value is -1.84. The molecule has 0 amide bonds. The zero-order valence-corrected chi connectivity index (χ0v) is 10.7. The summed E-state index contributed by atoms with van der Waals surface area (Å²) in [5, 5.41) is 0. The van der Waals surface area contributed by atoms with Gasteiger partial charge >= 0.3 is 0 Å². The zero-order chi connectivity index (χ0) is 13.3. The lowest BCUT2D eigenvalue weighted by molar-refractivity contribution is -0.128. The van der Waals surface area contributed by atoms with E-state index in [0.717, 1.165) is 31.1 Å². The zero-order valence-electron chi connectivity index (χ0n) is 10.7. The van der Waals surface area contributed by atoms with Gasteiger partial charge in [0.2, 0.25) is 6.79 Å². The van der Waals surface area contributed by atoms with E-state index in [9.17, 15) is 9.59 Å². The van der Waals surface area contributed by atoms with Crippen LogP contribution in [0.5, 0.6) is 11.5 Å². The number of hydrogen-bond donors (Lipinski definition) is 0. The largest absolute Gasteiger partial charge is 0.454 e. The second-order valence-electron chi connectivity index (χ2n) is 5.15. The SMILES string of the molecule is O=CC[C@@]1(c2ccc3c(c2)OCO3)CCCCC1=O. The molecule has 0 unspecified atom stereocenters. The van der Waals surface area contributed by atoms with Crippen LogP contribution >= 0.6 is 0 Å². The summed E-state index contributed by atoms with van der Waals surface area (Å²) in [5.74, 6) is 1.54. The Labute approximate surface area is 111 Å². The van der Waals surface area contributed by atoms with Crippen molar-refractivity contribution >= 4 is 12.1 Å². The summed E-state index contributed by atoms with van der Waals surface area (Å²) in [6, 6.07) is 5.57. The van der Waals surface area contributed by atoms with Gasteiger partial charge in [-0.1, -0.05) is 12.5 Å². The van der Waals surface area contributed by atoms with Gasteiger partial charge in [-0.2, -0.15) is 0 Å². The second kappa shape index (κ2) is 4.68. The maximum absolute atomic E-state index is 12.4. The molecule has 0 N–H and O–H groups in total. The molecule has 1 aliphatic heterocycles. The normalized spacial score (nSPS) is 25.4. The number of Topliss-reactive ketones (excluding diaryl/α,β-unsaturated/α-hetero) is 1. The number of aldehydes is 1. The Morgan fingerprint density at radius 1 is 1.21 bits per heavy atom. The summed E-state index contributed by atoms with van der Waals surface area (Å²) in [4.78, 5) is 23.4. The Bertz CT molecular complexity index is 523. The van der Waals surface area contributed by atoms with Crippen molar-refractivity contribution in [3.05, 3.63) is 23.8 Å². The minimum atomic E-state index is -0.652. The first-order valence-electron chi connectivity index (χ1n) is 6.63. The van der Waals surface area contributed by atoms with Gasteiger partial charge in [-0.05, 0) is 30.5 Å². The maximum atomic E-state index is 12.4. The molecule has 0 bridgehead atoms. The van der Waals surface area contributed by atoms with Crippen molar-refractivity contribution in [2.75, 3.05) is 6.79 Å². The van der Waals surface area contributed by atoms with Gasteiger partial charge in [0.05, 0.1) is 5.41 Å². The lowest BCUT2D eigenvalue weighted by Gasteiger charge is -2.34. The molecule has 1 atom stereocenters. The molecule has 0 aromatic heterocycles. The van der Waals surface area contributed by atoms with Crippen molar-refractivity contribution in [2.24, 2.45) is 0 Å². The van der Waals surface area contributed by atoms with Gasteiger partial charge in [0.15, 0.2) is 11.5 Å². The average molecular weight is 260 g/mol. The third-order valence-electron chi connectivity index (χ3n) is 4.15. The van der Waals surface area contributed by atoms with E-state index < -0.39 is 5.41 Å². The molecule has 3 rings (SSSR count). The average Bonchev–Trinajstić information content (AvgIpc) is 2.89. The first-order chi connectivity index (χ1) is 9.26. The number of carbonyl (C=O) groups is 2. The van der Waals surface area contributed by atoms with Gasteiger partial charge in [0.1, 0.15) is 12.1 Å². The molecule has 19 heavy (non-hydrogen) atoms. The highest BCUT2D eigenvalue weighted by molar-refractivity contribution is 5.93. The molecular formula is C15H16O4. The van der Waals surface area contributed by atoms with Crippen molar-refractivity contribution in [3.8, 4) is 11.5 Å². The van der Waals surface area contributed by atoms with E-state index in [4.69, 9.17) is 9.47 Å². The fourth-order valence-corrected chi connectivity index (χ4v) is 3.07. The van der Waals surface area contributed by atoms with E-state index >= 15 is 0 Å². The van der Waals surface area contributed by atoms with Crippen molar-refractivity contribution in [1.82, 2.24) is 0 Å². The van der Waals surface area contributed by atoms with Gasteiger partial charge < -0.3 is 14.3 Å². The highest BCUT2D eigenvalue weighted by atomic mass is 16.7. The van der Waals surface area contributed by atoms with Crippen molar-refractivity contribution in [3.63, 3.8) is 0 Å². The molecule has 1 aromatic carbocycles. The Balaban J connectivity index is 2.04. The third kappa shape index (κ3) is 1.91. The van der Waals surface area contributed by atoms with Crippen molar-refractivity contribution < 1.29 is 19.1 Å². The van der Waals surface area contributed by atoms with Crippen LogP contribution in [-0.2, 0) is 15.0 Å². The predicted molar refractivity (Wildman–Crippen MR) is 68.4 cm³/mol. The van der Waals surface area contributed by atoms with Crippen LogP contribution in [0, 0.1) is 0 Å². The molecule has 4 nitrogen and oxygen atoms in total. The molecule has 100 valence electrons. The van der Waals surface area contributed by atoms with E-state index in [0.29, 0.717) is 17.9 Å². The summed E-state index contributed by atoms with van der Waals surface area (Å²) >= 11 is 0. The Morgan fingerprint density at radius 3 is 2.84 bits per heavy atom. The van der Waals surface area contributed by atoms with Crippen LogP contribution in [0.2, 0.25) is 0 Å². The van der Waals surface area contributed by atoms with Gasteiger partial charge in [0.25, 0.3) is 0 Å². The van der Waals surface area contributed by atoms with Crippen molar-refractivity contribution in [2.45, 2.75) is 37.5 Å². The molecule has 0 spiro atoms. The topological polar surface area (TPSA) is 52.6 Å². The monoisotopic (exact) mass is 260 g/mol. The fourth-order valence-electron chi connectivity index (χ4n) is 3.07. The van der Waals surface area contributed by atoms with Gasteiger partial charge in [-0.15, -0.1) is 0 Å². The fraction of sp³-hybridized carbons (Fsp3) is 0.467. The molecule has 2 aliphatic rings. The van der Waals surface area contributed by atoms with Crippen LogP contribution in [0.25, 0.3) is 0 Å². The number of rotatable bonds is 3. The number of ether oxygens (including phenoxy) is 2. The van der Waals surface area contributed by atoms with Crippen LogP contribution in [0.4, 0.5) is 0 Å². The minimum Gasteiger partial charge on any atom is -0.454 e. The van der Waals surface area contributed by atoms with Gasteiger partial charge in [0, 0.05) is 12.8 Å². The Kier molecular flexibility index (Phi) is 3.01. The molecule has 4 heteroatoms. The maximum Gasteiger partial charge on any atom is 0.231 e. The highest BCUT2D eigenvalue weighted by Gasteiger charge is 2.41. The summed E-state index contributed by atoms with van der Waals surface area (Å²) in [7, 11) is 0. The first-order valence-corrected chi connectivity index (χ1v) is 6.63. The highest BCUT2D eigenvalue weighted by Crippen LogP contribution is 2.43. The smallest absolute Gasteiger partial charge is 0.231 e. The predicted octanol–water partition coefficient (Wildman–Crippen LogP) is 2.39. The Morgan fingerprint density at radius 2 is 2.05 bits per heavy atom. The first kappa shape index (κ1) is 12.2. The number of ketones is 1. The molecule has 0 saturated heterocycles. The molecule has 1 saturated carbocycles. The molecule has 1 fully saturated rings. The van der Waals surface area contributed by atoms with Crippen LogP contribution in [-0.4, -0.2) is 18.9 Å². The van der Waals surface area contributed by atoms with Gasteiger partial charge in [-0.25, -0.2) is 0 Å². The lowest BCUT2D eigenvalue weighted by atomic mass is 9.67. The van der Waals surface area contributed by atoms with E-state index in [2.05, 4.69) is 0 Å². The van der Waals surface area contributed by atoms with E-state index in [1.165, 1.54) is 0 Å². The summed E-state index contributed by atoms with van der Waals surface area (Å²) in [6.07, 6.45) is 4.31. The van der Waals surface area contributed by atoms with Crippen LogP contribution < -0.4 is 9.47 Å². The molecule has 1 heterocycles. The van der Waals surface area contributed by atoms with Crippen LogP contribution in [0.1, 0.15) is 37.7 Å². The standard InChI is InChI=1S/C15H16O4/c16-8-7-15(6-2-1-3-14(15)17)11-4-5-12-13(9-11)19-10-18-12/h4-5,8-9H,1-3,6-7,10H2/t15-/m1/s1. The van der Waals surface area contributed by atoms with E-state index in [1.807, 2.05) is 18.2 Å². The molecule has 1 aliphatic carbocycles. The van der Waals surface area contributed by atoms with E-state index in [1.54, 1.807) is 0 Å². The number of fused-ring (bicyclic) bond motifs is 1. The van der Waals surface area contributed by atoms with E-state index in [-0.39, 0.29) is 19.0 Å². The quantitative estimate of drug-likeness (QED) is 0.783. The summed E-state index contributed by atoms with van der Waals surface area (Å²) in [6.45, 7) is 0.216. The second-order valence-corrected chi connectivity index (χ2v) is 5.15. The van der Waals surface area contributed by atoms with Gasteiger partial charge in [-0.3, -0.25) is 4.79 Å². The van der Waals surface area contributed by atoms with Crippen LogP contribution in [0.15, 0.2) is 18.2 Å². The third-order valence-corrected chi connectivity index (χ3v) is 4.15. The van der Waals surface area contributed by atoms with Crippen molar-refractivity contribution in [1.29, 1.82) is 0 Å². The molecule has 0 radical (unpaired) electrons. The summed E-state index contributed by atoms with van der Waals surface area (Å²) < 4.78 is 10.7. The number of hydrogen-bond acceptors (Lipinski definition) is 4. The number of carbonyl (C=O) groups excluding carboxylic acids is 2. The van der Waals surface area contributed by atoms with Crippen LogP contribution in [0.3, 0.4) is 0 Å².